The number of rotatable bonds is 6. The van der Waals surface area contributed by atoms with Gasteiger partial charge in [-0.25, -0.2) is 4.98 Å². The van der Waals surface area contributed by atoms with E-state index in [4.69, 9.17) is 4.74 Å². The molecule has 0 saturated carbocycles. The summed E-state index contributed by atoms with van der Waals surface area (Å²) in [5, 5.41) is 7.27. The first-order valence-corrected chi connectivity index (χ1v) is 8.89. The molecule has 7 nitrogen and oxygen atoms in total. The fourth-order valence-corrected chi connectivity index (χ4v) is 2.91. The average Bonchev–Trinajstić information content (AvgIpc) is 3.16. The van der Waals surface area contributed by atoms with Gasteiger partial charge in [-0.3, -0.25) is 9.59 Å². The minimum absolute atomic E-state index is 0.247. The molecule has 25 heavy (non-hydrogen) atoms. The molecule has 1 aliphatic rings. The lowest BCUT2D eigenvalue weighted by Crippen LogP contribution is -2.27. The molecule has 0 bridgehead atoms. The molecular weight excluding hydrogens is 340 g/mol. The Bertz CT molecular complexity index is 774. The van der Waals surface area contributed by atoms with Crippen molar-refractivity contribution in [3.05, 3.63) is 59.2 Å². The molecule has 0 radical (unpaired) electrons. The summed E-state index contributed by atoms with van der Waals surface area (Å²) < 4.78 is 5.34. The zero-order chi connectivity index (χ0) is 17.5. The van der Waals surface area contributed by atoms with Crippen molar-refractivity contribution < 1.29 is 14.3 Å². The smallest absolute Gasteiger partial charge is 0.291 e. The van der Waals surface area contributed by atoms with Crippen LogP contribution in [0.2, 0.25) is 0 Å². The number of para-hydroxylation sites is 1. The highest BCUT2D eigenvalue weighted by molar-refractivity contribution is 8.02. The Morgan fingerprint density at radius 3 is 2.92 bits per heavy atom. The molecule has 2 heterocycles. The Morgan fingerprint density at radius 1 is 1.28 bits per heavy atom. The SMILES string of the molecule is O=C(Nc1ccccc1C(=O)NCCc1cnc[nH]1)C1=CSCCO1. The summed E-state index contributed by atoms with van der Waals surface area (Å²) >= 11 is 1.53. The van der Waals surface area contributed by atoms with Gasteiger partial charge in [0.1, 0.15) is 0 Å². The molecule has 2 aromatic rings. The quantitative estimate of drug-likeness (QED) is 0.733. The van der Waals surface area contributed by atoms with Gasteiger partial charge in [0, 0.05) is 36.0 Å². The van der Waals surface area contributed by atoms with Gasteiger partial charge >= 0.3 is 0 Å². The molecule has 0 saturated heterocycles. The van der Waals surface area contributed by atoms with Crippen LogP contribution in [0.4, 0.5) is 5.69 Å². The van der Waals surface area contributed by atoms with Crippen LogP contribution in [0, 0.1) is 0 Å². The van der Waals surface area contributed by atoms with Crippen molar-refractivity contribution in [1.29, 1.82) is 0 Å². The summed E-state index contributed by atoms with van der Waals surface area (Å²) in [4.78, 5) is 31.6. The van der Waals surface area contributed by atoms with Gasteiger partial charge in [0.25, 0.3) is 11.8 Å². The van der Waals surface area contributed by atoms with Crippen LogP contribution in [-0.2, 0) is 16.0 Å². The molecule has 8 heteroatoms. The summed E-state index contributed by atoms with van der Waals surface area (Å²) in [7, 11) is 0. The van der Waals surface area contributed by atoms with Gasteiger partial charge in [-0.05, 0) is 12.1 Å². The van der Waals surface area contributed by atoms with Gasteiger partial charge in [-0.1, -0.05) is 12.1 Å². The third kappa shape index (κ3) is 4.63. The topological polar surface area (TPSA) is 96.1 Å². The number of thioether (sulfide) groups is 1. The van der Waals surface area contributed by atoms with Crippen molar-refractivity contribution in [3.8, 4) is 0 Å². The first-order valence-electron chi connectivity index (χ1n) is 7.84. The van der Waals surface area contributed by atoms with Gasteiger partial charge in [0.2, 0.25) is 0 Å². The second-order valence-corrected chi connectivity index (χ2v) is 6.26. The van der Waals surface area contributed by atoms with E-state index in [9.17, 15) is 9.59 Å². The minimum Gasteiger partial charge on any atom is -0.487 e. The van der Waals surface area contributed by atoms with Gasteiger partial charge in [0.15, 0.2) is 5.76 Å². The second-order valence-electron chi connectivity index (χ2n) is 5.28. The number of benzene rings is 1. The lowest BCUT2D eigenvalue weighted by molar-refractivity contribution is -0.116. The van der Waals surface area contributed by atoms with E-state index in [1.54, 1.807) is 42.2 Å². The van der Waals surface area contributed by atoms with E-state index in [1.807, 2.05) is 0 Å². The fraction of sp³-hybridized carbons (Fsp3) is 0.235. The van der Waals surface area contributed by atoms with Gasteiger partial charge in [-0.2, -0.15) is 0 Å². The predicted molar refractivity (Wildman–Crippen MR) is 96.2 cm³/mol. The summed E-state index contributed by atoms with van der Waals surface area (Å²) in [6.45, 7) is 0.966. The number of carbonyl (C=O) groups is 2. The number of nitrogens with one attached hydrogen (secondary N) is 3. The lowest BCUT2D eigenvalue weighted by Gasteiger charge is -2.15. The highest BCUT2D eigenvalue weighted by atomic mass is 32.2. The first kappa shape index (κ1) is 17.1. The van der Waals surface area contributed by atoms with E-state index in [1.165, 1.54) is 11.8 Å². The Kier molecular flexibility index (Phi) is 5.73. The number of hydrogen-bond acceptors (Lipinski definition) is 5. The molecule has 0 fully saturated rings. The number of H-pyrrole nitrogens is 1. The first-order chi connectivity index (χ1) is 12.2. The van der Waals surface area contributed by atoms with Crippen LogP contribution in [0.5, 0.6) is 0 Å². The maximum Gasteiger partial charge on any atom is 0.291 e. The normalized spacial score (nSPS) is 13.5. The highest BCUT2D eigenvalue weighted by Gasteiger charge is 2.17. The average molecular weight is 358 g/mol. The molecule has 2 amide bonds. The van der Waals surface area contributed by atoms with Crippen LogP contribution in [0.25, 0.3) is 0 Å². The Labute approximate surface area is 149 Å². The molecule has 1 aromatic heterocycles. The number of amides is 2. The second kappa shape index (κ2) is 8.39. The Morgan fingerprint density at radius 2 is 2.16 bits per heavy atom. The van der Waals surface area contributed by atoms with Gasteiger partial charge < -0.3 is 20.4 Å². The standard InChI is InChI=1S/C17H18N4O3S/c22-16(19-6-5-12-9-18-11-20-12)13-3-1-2-4-14(13)21-17(23)15-10-25-8-7-24-15/h1-4,9-11H,5-8H2,(H,18,20)(H,19,22)(H,21,23). The molecule has 1 aliphatic heterocycles. The van der Waals surface area contributed by atoms with Crippen LogP contribution >= 0.6 is 11.8 Å². The zero-order valence-electron chi connectivity index (χ0n) is 13.5. The van der Waals surface area contributed by atoms with Crippen LogP contribution < -0.4 is 10.6 Å². The Hall–Kier alpha value is -2.74. The number of nitrogens with zero attached hydrogens (tertiary/aromatic N) is 1. The molecule has 130 valence electrons. The minimum atomic E-state index is -0.357. The fourth-order valence-electron chi connectivity index (χ4n) is 2.29. The summed E-state index contributed by atoms with van der Waals surface area (Å²) in [6, 6.07) is 6.89. The predicted octanol–water partition coefficient (Wildman–Crippen LogP) is 1.93. The van der Waals surface area contributed by atoms with Crippen molar-refractivity contribution in [2.24, 2.45) is 0 Å². The van der Waals surface area contributed by atoms with Crippen LogP contribution in [-0.4, -0.2) is 40.7 Å². The van der Waals surface area contributed by atoms with E-state index in [-0.39, 0.29) is 17.6 Å². The summed E-state index contributed by atoms with van der Waals surface area (Å²) in [5.41, 5.74) is 1.80. The summed E-state index contributed by atoms with van der Waals surface area (Å²) in [6.07, 6.45) is 3.97. The molecule has 3 rings (SSSR count). The van der Waals surface area contributed by atoms with Crippen molar-refractivity contribution in [2.75, 3.05) is 24.2 Å². The monoisotopic (exact) mass is 358 g/mol. The van der Waals surface area contributed by atoms with Gasteiger partial charge in [-0.15, -0.1) is 11.8 Å². The number of carbonyl (C=O) groups excluding carboxylic acids is 2. The third-order valence-corrected chi connectivity index (χ3v) is 4.31. The molecule has 3 N–H and O–H groups in total. The number of imidazole rings is 1. The van der Waals surface area contributed by atoms with E-state index in [2.05, 4.69) is 20.6 Å². The van der Waals surface area contributed by atoms with Crippen molar-refractivity contribution in [1.82, 2.24) is 15.3 Å². The summed E-state index contributed by atoms with van der Waals surface area (Å²) in [5.74, 6) is 0.491. The third-order valence-electron chi connectivity index (χ3n) is 3.53. The molecule has 0 atom stereocenters. The maximum atomic E-state index is 12.4. The van der Waals surface area contributed by atoms with Crippen molar-refractivity contribution in [2.45, 2.75) is 6.42 Å². The molecule has 1 aromatic carbocycles. The van der Waals surface area contributed by atoms with E-state index in [0.29, 0.717) is 30.8 Å². The van der Waals surface area contributed by atoms with Crippen molar-refractivity contribution >= 4 is 29.3 Å². The number of aromatic nitrogens is 2. The maximum absolute atomic E-state index is 12.4. The molecule has 0 unspecified atom stereocenters. The number of hydrogen-bond donors (Lipinski definition) is 3. The molecular formula is C17H18N4O3S. The largest absolute Gasteiger partial charge is 0.487 e. The van der Waals surface area contributed by atoms with E-state index < -0.39 is 0 Å². The van der Waals surface area contributed by atoms with Gasteiger partial charge in [0.05, 0.1) is 24.2 Å². The van der Waals surface area contributed by atoms with E-state index in [0.717, 1.165) is 11.4 Å². The molecule has 0 aliphatic carbocycles. The van der Waals surface area contributed by atoms with Crippen LogP contribution in [0.15, 0.2) is 48.0 Å². The van der Waals surface area contributed by atoms with Crippen molar-refractivity contribution in [3.63, 3.8) is 0 Å². The highest BCUT2D eigenvalue weighted by Crippen LogP contribution is 2.19. The molecule has 0 spiro atoms. The zero-order valence-corrected chi connectivity index (χ0v) is 14.3. The van der Waals surface area contributed by atoms with E-state index >= 15 is 0 Å². The van der Waals surface area contributed by atoms with Crippen LogP contribution in [0.1, 0.15) is 16.1 Å². The Balaban J connectivity index is 1.62. The number of aromatic amines is 1. The van der Waals surface area contributed by atoms with Crippen LogP contribution in [0.3, 0.4) is 0 Å². The lowest BCUT2D eigenvalue weighted by atomic mass is 10.1. The number of ether oxygens (including phenoxy) is 1. The number of anilines is 1.